The van der Waals surface area contributed by atoms with Crippen molar-refractivity contribution in [1.82, 2.24) is 20.1 Å². The summed E-state index contributed by atoms with van der Waals surface area (Å²) in [5, 5.41) is 7.02. The number of urea groups is 1. The van der Waals surface area contributed by atoms with Gasteiger partial charge in [-0.25, -0.2) is 9.78 Å². The number of nitrogens with one attached hydrogen (secondary N) is 2. The SMILES string of the molecule is O=C(NCCNc1ncc(Cl)cc1Cl)N1CCN(C2CCCC2)CC1. The van der Waals surface area contributed by atoms with Crippen molar-refractivity contribution in [3.63, 3.8) is 0 Å². The highest BCUT2D eigenvalue weighted by atomic mass is 35.5. The Morgan fingerprint density at radius 3 is 2.56 bits per heavy atom. The van der Waals surface area contributed by atoms with E-state index in [-0.39, 0.29) is 6.03 Å². The highest BCUT2D eigenvalue weighted by molar-refractivity contribution is 6.35. The predicted octanol–water partition coefficient (Wildman–Crippen LogP) is 3.07. The third-order valence-corrected chi connectivity index (χ3v) is 5.44. The topological polar surface area (TPSA) is 60.5 Å². The van der Waals surface area contributed by atoms with Gasteiger partial charge >= 0.3 is 6.03 Å². The predicted molar refractivity (Wildman–Crippen MR) is 102 cm³/mol. The number of rotatable bonds is 5. The first kappa shape index (κ1) is 18.5. The van der Waals surface area contributed by atoms with Crippen molar-refractivity contribution in [2.75, 3.05) is 44.6 Å². The van der Waals surface area contributed by atoms with Gasteiger partial charge in [-0.3, -0.25) is 4.90 Å². The zero-order valence-corrected chi connectivity index (χ0v) is 15.8. The van der Waals surface area contributed by atoms with E-state index in [1.54, 1.807) is 6.07 Å². The smallest absolute Gasteiger partial charge is 0.317 e. The zero-order valence-electron chi connectivity index (χ0n) is 14.3. The molecule has 1 saturated carbocycles. The van der Waals surface area contributed by atoms with Crippen LogP contribution in [0, 0.1) is 0 Å². The van der Waals surface area contributed by atoms with E-state index in [4.69, 9.17) is 23.2 Å². The van der Waals surface area contributed by atoms with Crippen LogP contribution in [0.2, 0.25) is 10.0 Å². The third-order valence-electron chi connectivity index (χ3n) is 4.94. The third kappa shape index (κ3) is 5.12. The zero-order chi connectivity index (χ0) is 17.6. The van der Waals surface area contributed by atoms with E-state index in [1.165, 1.54) is 31.9 Å². The van der Waals surface area contributed by atoms with Gasteiger partial charge in [0.05, 0.1) is 10.0 Å². The number of pyridine rings is 1. The first-order valence-electron chi connectivity index (χ1n) is 8.95. The minimum Gasteiger partial charge on any atom is -0.367 e. The molecule has 8 heteroatoms. The molecule has 2 aliphatic rings. The number of nitrogens with zero attached hydrogens (tertiary/aromatic N) is 3. The molecule has 1 aliphatic heterocycles. The summed E-state index contributed by atoms with van der Waals surface area (Å²) in [6.07, 6.45) is 6.88. The summed E-state index contributed by atoms with van der Waals surface area (Å²) >= 11 is 11.9. The molecule has 2 amide bonds. The Hall–Kier alpha value is -1.24. The number of hydrogen-bond acceptors (Lipinski definition) is 4. The van der Waals surface area contributed by atoms with Crippen LogP contribution in [0.1, 0.15) is 25.7 Å². The summed E-state index contributed by atoms with van der Waals surface area (Å²) in [6.45, 7) is 4.66. The van der Waals surface area contributed by atoms with Gasteiger partial charge in [-0.05, 0) is 18.9 Å². The van der Waals surface area contributed by atoms with Crippen LogP contribution in [-0.2, 0) is 0 Å². The summed E-state index contributed by atoms with van der Waals surface area (Å²) in [4.78, 5) is 20.8. The monoisotopic (exact) mass is 385 g/mol. The van der Waals surface area contributed by atoms with E-state index in [2.05, 4.69) is 20.5 Å². The van der Waals surface area contributed by atoms with E-state index in [0.29, 0.717) is 29.0 Å². The van der Waals surface area contributed by atoms with Gasteiger partial charge in [0.1, 0.15) is 5.82 Å². The molecule has 2 fully saturated rings. The first-order valence-corrected chi connectivity index (χ1v) is 9.71. The summed E-state index contributed by atoms with van der Waals surface area (Å²) < 4.78 is 0. The van der Waals surface area contributed by atoms with Crippen LogP contribution < -0.4 is 10.6 Å². The van der Waals surface area contributed by atoms with Gasteiger partial charge in [-0.2, -0.15) is 0 Å². The Kier molecular flexibility index (Phi) is 6.62. The second-order valence-electron chi connectivity index (χ2n) is 6.60. The molecule has 138 valence electrons. The summed E-state index contributed by atoms with van der Waals surface area (Å²) in [7, 11) is 0. The fourth-order valence-electron chi connectivity index (χ4n) is 3.57. The Labute approximate surface area is 158 Å². The maximum Gasteiger partial charge on any atom is 0.317 e. The minimum absolute atomic E-state index is 0.00281. The second-order valence-corrected chi connectivity index (χ2v) is 7.45. The van der Waals surface area contributed by atoms with Gasteiger partial charge < -0.3 is 15.5 Å². The molecule has 0 spiro atoms. The molecule has 6 nitrogen and oxygen atoms in total. The molecule has 1 aliphatic carbocycles. The largest absolute Gasteiger partial charge is 0.367 e. The lowest BCUT2D eigenvalue weighted by atomic mass is 10.2. The summed E-state index contributed by atoms with van der Waals surface area (Å²) in [5.74, 6) is 0.575. The lowest BCUT2D eigenvalue weighted by Crippen LogP contribution is -2.54. The number of hydrogen-bond donors (Lipinski definition) is 2. The van der Waals surface area contributed by atoms with Crippen LogP contribution in [0.3, 0.4) is 0 Å². The highest BCUT2D eigenvalue weighted by Crippen LogP contribution is 2.24. The van der Waals surface area contributed by atoms with E-state index < -0.39 is 0 Å². The van der Waals surface area contributed by atoms with Gasteiger partial charge in [0, 0.05) is 51.5 Å². The number of amides is 2. The quantitative estimate of drug-likeness (QED) is 0.764. The maximum atomic E-state index is 12.3. The van der Waals surface area contributed by atoms with Crippen molar-refractivity contribution >= 4 is 35.1 Å². The number of halogens is 2. The van der Waals surface area contributed by atoms with Crippen molar-refractivity contribution < 1.29 is 4.79 Å². The van der Waals surface area contributed by atoms with Gasteiger partial charge in [-0.1, -0.05) is 36.0 Å². The normalized spacial score (nSPS) is 19.2. The summed E-state index contributed by atoms with van der Waals surface area (Å²) in [5.41, 5.74) is 0. The van der Waals surface area contributed by atoms with Gasteiger partial charge in [0.2, 0.25) is 0 Å². The molecule has 2 heterocycles. The lowest BCUT2D eigenvalue weighted by molar-refractivity contribution is 0.110. The van der Waals surface area contributed by atoms with E-state index in [9.17, 15) is 4.79 Å². The Morgan fingerprint density at radius 1 is 1.16 bits per heavy atom. The van der Waals surface area contributed by atoms with Gasteiger partial charge in [0.15, 0.2) is 0 Å². The van der Waals surface area contributed by atoms with Crippen molar-refractivity contribution in [1.29, 1.82) is 0 Å². The fourth-order valence-corrected chi connectivity index (χ4v) is 4.01. The lowest BCUT2D eigenvalue weighted by Gasteiger charge is -2.38. The minimum atomic E-state index is 0.00281. The Bertz CT molecular complexity index is 586. The molecule has 0 unspecified atom stereocenters. The van der Waals surface area contributed by atoms with Crippen LogP contribution in [0.15, 0.2) is 12.3 Å². The van der Waals surface area contributed by atoms with E-state index in [0.717, 1.165) is 32.2 Å². The van der Waals surface area contributed by atoms with Crippen molar-refractivity contribution in [3.8, 4) is 0 Å². The molecular weight excluding hydrogens is 361 g/mol. The standard InChI is InChI=1S/C17H25Cl2N5O/c18-13-11-15(19)16(22-12-13)20-5-6-21-17(25)24-9-7-23(8-10-24)14-3-1-2-4-14/h11-12,14H,1-10H2,(H,20,22)(H,21,25). The van der Waals surface area contributed by atoms with Gasteiger partial charge in [0.25, 0.3) is 0 Å². The van der Waals surface area contributed by atoms with E-state index in [1.807, 2.05) is 4.90 Å². The summed E-state index contributed by atoms with van der Waals surface area (Å²) in [6, 6.07) is 2.38. The second kappa shape index (κ2) is 8.92. The Morgan fingerprint density at radius 2 is 1.88 bits per heavy atom. The molecule has 0 bridgehead atoms. The number of anilines is 1. The number of aromatic nitrogens is 1. The van der Waals surface area contributed by atoms with Crippen molar-refractivity contribution in [2.24, 2.45) is 0 Å². The molecule has 3 rings (SSSR count). The van der Waals surface area contributed by atoms with Crippen LogP contribution >= 0.6 is 23.2 Å². The molecule has 1 saturated heterocycles. The molecule has 0 aromatic carbocycles. The molecule has 2 N–H and O–H groups in total. The van der Waals surface area contributed by atoms with E-state index >= 15 is 0 Å². The number of carbonyl (C=O) groups is 1. The molecule has 0 atom stereocenters. The molecule has 0 radical (unpaired) electrons. The van der Waals surface area contributed by atoms with Crippen molar-refractivity contribution in [3.05, 3.63) is 22.3 Å². The van der Waals surface area contributed by atoms with Gasteiger partial charge in [-0.15, -0.1) is 0 Å². The van der Waals surface area contributed by atoms with Crippen LogP contribution in [0.5, 0.6) is 0 Å². The molecular formula is C17H25Cl2N5O. The fraction of sp³-hybridized carbons (Fsp3) is 0.647. The number of piperazine rings is 1. The van der Waals surface area contributed by atoms with Crippen LogP contribution in [0.4, 0.5) is 10.6 Å². The average Bonchev–Trinajstić information content (AvgIpc) is 3.15. The van der Waals surface area contributed by atoms with Crippen LogP contribution in [0.25, 0.3) is 0 Å². The molecule has 1 aromatic rings. The highest BCUT2D eigenvalue weighted by Gasteiger charge is 2.27. The number of carbonyl (C=O) groups excluding carboxylic acids is 1. The maximum absolute atomic E-state index is 12.3. The molecule has 25 heavy (non-hydrogen) atoms. The molecule has 1 aromatic heterocycles. The van der Waals surface area contributed by atoms with Crippen LogP contribution in [-0.4, -0.2) is 66.1 Å². The Balaban J connectivity index is 1.34. The average molecular weight is 386 g/mol. The first-order chi connectivity index (χ1) is 12.1. The van der Waals surface area contributed by atoms with Crippen molar-refractivity contribution in [2.45, 2.75) is 31.7 Å².